The summed E-state index contributed by atoms with van der Waals surface area (Å²) in [5, 5.41) is 6.79. The normalized spacial score (nSPS) is 15.6. The second kappa shape index (κ2) is 12.3. The van der Waals surface area contributed by atoms with E-state index in [2.05, 4.69) is 62.7 Å². The number of rotatable bonds is 9. The molecule has 1 fully saturated rings. The highest BCUT2D eigenvalue weighted by molar-refractivity contribution is 5.79. The first-order valence-electron chi connectivity index (χ1n) is 11.3. The summed E-state index contributed by atoms with van der Waals surface area (Å²) < 4.78 is 5.42. The van der Waals surface area contributed by atoms with Crippen molar-refractivity contribution >= 4 is 5.96 Å². The lowest BCUT2D eigenvalue weighted by Gasteiger charge is -2.34. The topological polar surface area (TPSA) is 52.1 Å². The van der Waals surface area contributed by atoms with E-state index in [1.54, 1.807) is 14.2 Å². The van der Waals surface area contributed by atoms with Crippen molar-refractivity contribution in [2.45, 2.75) is 26.4 Å². The Labute approximate surface area is 187 Å². The van der Waals surface area contributed by atoms with Crippen LogP contribution in [-0.4, -0.2) is 69.2 Å². The molecular formula is C25H37N5O. The van der Waals surface area contributed by atoms with E-state index in [0.29, 0.717) is 0 Å². The first-order chi connectivity index (χ1) is 15.2. The molecule has 6 nitrogen and oxygen atoms in total. The van der Waals surface area contributed by atoms with Gasteiger partial charge < -0.3 is 20.3 Å². The van der Waals surface area contributed by atoms with Crippen molar-refractivity contribution < 1.29 is 4.74 Å². The molecule has 3 rings (SSSR count). The molecule has 1 saturated heterocycles. The lowest BCUT2D eigenvalue weighted by molar-refractivity contribution is 0.132. The molecular weight excluding hydrogens is 386 g/mol. The van der Waals surface area contributed by atoms with Crippen molar-refractivity contribution in [3.63, 3.8) is 0 Å². The van der Waals surface area contributed by atoms with Gasteiger partial charge in [0.1, 0.15) is 5.75 Å². The molecule has 2 N–H and O–H groups in total. The van der Waals surface area contributed by atoms with E-state index < -0.39 is 0 Å². The largest absolute Gasteiger partial charge is 0.496 e. The summed E-state index contributed by atoms with van der Waals surface area (Å²) in [6.07, 6.45) is 0.881. The van der Waals surface area contributed by atoms with Gasteiger partial charge in [0.05, 0.1) is 7.11 Å². The highest BCUT2D eigenvalue weighted by Gasteiger charge is 2.15. The second-order valence-electron chi connectivity index (χ2n) is 7.94. The molecule has 0 amide bonds. The maximum atomic E-state index is 5.42. The molecule has 1 heterocycles. The van der Waals surface area contributed by atoms with Gasteiger partial charge in [0.2, 0.25) is 0 Å². The Bertz CT molecular complexity index is 813. The summed E-state index contributed by atoms with van der Waals surface area (Å²) >= 11 is 0. The molecule has 0 unspecified atom stereocenters. The van der Waals surface area contributed by atoms with Crippen molar-refractivity contribution in [1.82, 2.24) is 20.4 Å². The molecule has 6 heteroatoms. The number of hydrogen-bond donors (Lipinski definition) is 2. The number of nitrogens with one attached hydrogen (secondary N) is 2. The van der Waals surface area contributed by atoms with Crippen molar-refractivity contribution in [3.05, 3.63) is 65.2 Å². The number of aliphatic imine (C=N–C) groups is 1. The summed E-state index contributed by atoms with van der Waals surface area (Å²) in [4.78, 5) is 9.40. The van der Waals surface area contributed by atoms with Gasteiger partial charge in [-0.25, -0.2) is 0 Å². The first-order valence-corrected chi connectivity index (χ1v) is 11.3. The number of likely N-dealkylation sites (N-methyl/N-ethyl adjacent to an activating group) is 1. The van der Waals surface area contributed by atoms with Gasteiger partial charge in [0, 0.05) is 52.9 Å². The zero-order valence-electron chi connectivity index (χ0n) is 19.2. The lowest BCUT2D eigenvalue weighted by atomic mass is 10.1. The molecule has 31 heavy (non-hydrogen) atoms. The smallest absolute Gasteiger partial charge is 0.191 e. The zero-order valence-corrected chi connectivity index (χ0v) is 19.2. The average Bonchev–Trinajstić information content (AvgIpc) is 2.83. The van der Waals surface area contributed by atoms with Gasteiger partial charge in [0.25, 0.3) is 0 Å². The molecule has 0 saturated carbocycles. The Balaban J connectivity index is 1.40. The Morgan fingerprint density at radius 2 is 1.61 bits per heavy atom. The summed E-state index contributed by atoms with van der Waals surface area (Å²) in [6.45, 7) is 10.7. The van der Waals surface area contributed by atoms with Gasteiger partial charge in [-0.1, -0.05) is 49.4 Å². The third-order valence-electron chi connectivity index (χ3n) is 5.90. The summed E-state index contributed by atoms with van der Waals surface area (Å²) in [5.74, 6) is 1.74. The number of nitrogens with zero attached hydrogens (tertiary/aromatic N) is 3. The zero-order chi connectivity index (χ0) is 21.9. The van der Waals surface area contributed by atoms with Crippen LogP contribution >= 0.6 is 0 Å². The van der Waals surface area contributed by atoms with Gasteiger partial charge in [-0.05, 0) is 35.7 Å². The fourth-order valence-electron chi connectivity index (χ4n) is 3.92. The van der Waals surface area contributed by atoms with E-state index >= 15 is 0 Å². The van der Waals surface area contributed by atoms with Crippen LogP contribution in [0.4, 0.5) is 0 Å². The molecule has 0 aromatic heterocycles. The van der Waals surface area contributed by atoms with Crippen LogP contribution in [0.25, 0.3) is 0 Å². The Morgan fingerprint density at radius 1 is 0.935 bits per heavy atom. The highest BCUT2D eigenvalue weighted by Crippen LogP contribution is 2.17. The SMILES string of the molecule is CCN1CCN(Cc2ccc(CNC(=NC)NCCc3ccccc3OC)cc2)CC1. The van der Waals surface area contributed by atoms with Crippen LogP contribution in [-0.2, 0) is 19.5 Å². The van der Waals surface area contributed by atoms with E-state index in [-0.39, 0.29) is 0 Å². The van der Waals surface area contributed by atoms with Crippen molar-refractivity contribution in [1.29, 1.82) is 0 Å². The predicted octanol–water partition coefficient (Wildman–Crippen LogP) is 2.74. The number of piperazine rings is 1. The Morgan fingerprint density at radius 3 is 2.29 bits per heavy atom. The molecule has 2 aromatic rings. The monoisotopic (exact) mass is 423 g/mol. The first kappa shape index (κ1) is 23.1. The maximum Gasteiger partial charge on any atom is 0.191 e. The van der Waals surface area contributed by atoms with Crippen molar-refractivity contribution in [2.75, 3.05) is 53.4 Å². The van der Waals surface area contributed by atoms with E-state index in [1.807, 2.05) is 18.2 Å². The molecule has 0 spiro atoms. The van der Waals surface area contributed by atoms with Gasteiger partial charge in [-0.15, -0.1) is 0 Å². The summed E-state index contributed by atoms with van der Waals surface area (Å²) in [5.41, 5.74) is 3.83. The standard InChI is InChI=1S/C25H37N5O/c1-4-29-15-17-30(18-16-29)20-22-11-9-21(10-12-22)19-28-25(26-2)27-14-13-23-7-5-6-8-24(23)31-3/h5-12H,4,13-20H2,1-3H3,(H2,26,27,28). The third-order valence-corrected chi connectivity index (χ3v) is 5.90. The molecule has 0 bridgehead atoms. The van der Waals surface area contributed by atoms with E-state index in [1.165, 1.54) is 29.8 Å². The van der Waals surface area contributed by atoms with Crippen LogP contribution in [0.2, 0.25) is 0 Å². The third kappa shape index (κ3) is 7.26. The van der Waals surface area contributed by atoms with E-state index in [9.17, 15) is 0 Å². The molecule has 1 aliphatic heterocycles. The minimum Gasteiger partial charge on any atom is -0.496 e. The summed E-state index contributed by atoms with van der Waals surface area (Å²) in [7, 11) is 3.52. The minimum atomic E-state index is 0.754. The van der Waals surface area contributed by atoms with Gasteiger partial charge >= 0.3 is 0 Å². The van der Waals surface area contributed by atoms with Crippen LogP contribution in [0.15, 0.2) is 53.5 Å². The fourth-order valence-corrected chi connectivity index (χ4v) is 3.92. The van der Waals surface area contributed by atoms with Crippen LogP contribution in [0, 0.1) is 0 Å². The van der Waals surface area contributed by atoms with Crippen LogP contribution in [0.1, 0.15) is 23.6 Å². The van der Waals surface area contributed by atoms with Crippen LogP contribution in [0.3, 0.4) is 0 Å². The lowest BCUT2D eigenvalue weighted by Crippen LogP contribution is -2.45. The molecule has 0 atom stereocenters. The van der Waals surface area contributed by atoms with Gasteiger partial charge in [-0.3, -0.25) is 9.89 Å². The number of benzene rings is 2. The highest BCUT2D eigenvalue weighted by atomic mass is 16.5. The average molecular weight is 424 g/mol. The molecule has 2 aromatic carbocycles. The van der Waals surface area contributed by atoms with Gasteiger partial charge in [0.15, 0.2) is 5.96 Å². The summed E-state index contributed by atoms with van der Waals surface area (Å²) in [6, 6.07) is 17.1. The van der Waals surface area contributed by atoms with Gasteiger partial charge in [-0.2, -0.15) is 0 Å². The van der Waals surface area contributed by atoms with Crippen molar-refractivity contribution in [2.24, 2.45) is 4.99 Å². The number of hydrogen-bond acceptors (Lipinski definition) is 4. The number of guanidine groups is 1. The van der Waals surface area contributed by atoms with E-state index in [0.717, 1.165) is 57.4 Å². The number of para-hydroxylation sites is 1. The quantitative estimate of drug-likeness (QED) is 0.480. The Hall–Kier alpha value is -2.57. The predicted molar refractivity (Wildman–Crippen MR) is 129 cm³/mol. The molecule has 0 radical (unpaired) electrons. The molecule has 1 aliphatic rings. The second-order valence-corrected chi connectivity index (χ2v) is 7.94. The fraction of sp³-hybridized carbons (Fsp3) is 0.480. The number of methoxy groups -OCH3 is 1. The molecule has 168 valence electrons. The molecule has 0 aliphatic carbocycles. The van der Waals surface area contributed by atoms with E-state index in [4.69, 9.17) is 4.74 Å². The van der Waals surface area contributed by atoms with Crippen molar-refractivity contribution in [3.8, 4) is 5.75 Å². The van der Waals surface area contributed by atoms with Crippen LogP contribution in [0.5, 0.6) is 5.75 Å². The number of ether oxygens (including phenoxy) is 1. The maximum absolute atomic E-state index is 5.42. The Kier molecular flexibility index (Phi) is 9.18. The van der Waals surface area contributed by atoms with Crippen LogP contribution < -0.4 is 15.4 Å². The minimum absolute atomic E-state index is 0.754.